The summed E-state index contributed by atoms with van der Waals surface area (Å²) in [6.07, 6.45) is 5.20. The van der Waals surface area contributed by atoms with Crippen molar-refractivity contribution in [2.75, 3.05) is 11.9 Å². The van der Waals surface area contributed by atoms with Gasteiger partial charge in [-0.05, 0) is 0 Å². The van der Waals surface area contributed by atoms with Gasteiger partial charge in [0.15, 0.2) is 5.13 Å². The Morgan fingerprint density at radius 3 is 3.11 bits per heavy atom. The highest BCUT2D eigenvalue weighted by Gasteiger charge is 2.10. The number of hydrogen-bond donors (Lipinski definition) is 2. The zero-order chi connectivity index (χ0) is 13.7. The molecule has 2 N–H and O–H groups in total. The van der Waals surface area contributed by atoms with Gasteiger partial charge in [0.2, 0.25) is 0 Å². The fourth-order valence-electron chi connectivity index (χ4n) is 1.29. The molecule has 19 heavy (non-hydrogen) atoms. The van der Waals surface area contributed by atoms with Gasteiger partial charge in [-0.15, -0.1) is 0 Å². The van der Waals surface area contributed by atoms with Crippen molar-refractivity contribution in [3.05, 3.63) is 29.3 Å². The predicted molar refractivity (Wildman–Crippen MR) is 71.9 cm³/mol. The number of nitrogens with one attached hydrogen (secondary N) is 1. The van der Waals surface area contributed by atoms with Crippen LogP contribution in [0.5, 0.6) is 0 Å². The molecule has 0 aliphatic heterocycles. The molecule has 7 heteroatoms. The standard InChI is InChI=1S/C12H12N4O2S/c1-16-7-10(14-8-16)11(18)15-12-13-6-9(19-12)4-2-3-5-17/h6-8,17H,3,5H2,1H3,(H,13,15,18). The molecule has 0 saturated heterocycles. The molecule has 6 nitrogen and oxygen atoms in total. The van der Waals surface area contributed by atoms with Crippen LogP contribution in [0, 0.1) is 11.8 Å². The van der Waals surface area contributed by atoms with Gasteiger partial charge < -0.3 is 9.67 Å². The number of thiazole rings is 1. The third kappa shape index (κ3) is 3.64. The average Bonchev–Trinajstić information content (AvgIpc) is 2.99. The minimum absolute atomic E-state index is 0.0368. The lowest BCUT2D eigenvalue weighted by Crippen LogP contribution is -2.11. The number of imidazole rings is 1. The van der Waals surface area contributed by atoms with Crippen molar-refractivity contribution >= 4 is 22.4 Å². The molecule has 2 rings (SSSR count). The van der Waals surface area contributed by atoms with E-state index >= 15 is 0 Å². The number of amides is 1. The van der Waals surface area contributed by atoms with Crippen LogP contribution in [0.1, 0.15) is 21.8 Å². The number of hydrogen-bond acceptors (Lipinski definition) is 5. The lowest BCUT2D eigenvalue weighted by atomic mass is 10.4. The van der Waals surface area contributed by atoms with Crippen LogP contribution in [0.2, 0.25) is 0 Å². The minimum Gasteiger partial charge on any atom is -0.395 e. The molecule has 98 valence electrons. The summed E-state index contributed by atoms with van der Waals surface area (Å²) < 4.78 is 1.70. The second-order valence-corrected chi connectivity index (χ2v) is 4.71. The smallest absolute Gasteiger partial charge is 0.277 e. The molecule has 0 aliphatic rings. The van der Waals surface area contributed by atoms with E-state index in [-0.39, 0.29) is 12.5 Å². The van der Waals surface area contributed by atoms with Crippen LogP contribution in [-0.2, 0) is 7.05 Å². The Labute approximate surface area is 114 Å². The summed E-state index contributed by atoms with van der Waals surface area (Å²) in [6.45, 7) is 0.0368. The summed E-state index contributed by atoms with van der Waals surface area (Å²) in [5, 5.41) is 11.7. The van der Waals surface area contributed by atoms with Gasteiger partial charge in [-0.3, -0.25) is 10.1 Å². The van der Waals surface area contributed by atoms with E-state index in [0.29, 0.717) is 17.2 Å². The largest absolute Gasteiger partial charge is 0.395 e. The number of nitrogens with zero attached hydrogens (tertiary/aromatic N) is 3. The highest BCUT2D eigenvalue weighted by Crippen LogP contribution is 2.17. The summed E-state index contributed by atoms with van der Waals surface area (Å²) in [5.41, 5.74) is 0.339. The molecule has 0 unspecified atom stereocenters. The quantitative estimate of drug-likeness (QED) is 0.815. The molecule has 2 heterocycles. The van der Waals surface area contributed by atoms with Gasteiger partial charge in [0.25, 0.3) is 5.91 Å². The normalized spacial score (nSPS) is 9.79. The maximum atomic E-state index is 11.8. The average molecular weight is 276 g/mol. The van der Waals surface area contributed by atoms with Gasteiger partial charge >= 0.3 is 0 Å². The zero-order valence-corrected chi connectivity index (χ0v) is 11.1. The van der Waals surface area contributed by atoms with E-state index in [0.717, 1.165) is 4.88 Å². The van der Waals surface area contributed by atoms with E-state index < -0.39 is 0 Å². The Morgan fingerprint density at radius 1 is 1.58 bits per heavy atom. The van der Waals surface area contributed by atoms with Crippen molar-refractivity contribution in [1.29, 1.82) is 0 Å². The number of rotatable bonds is 3. The third-order valence-electron chi connectivity index (χ3n) is 2.11. The lowest BCUT2D eigenvalue weighted by molar-refractivity contribution is 0.102. The van der Waals surface area contributed by atoms with Gasteiger partial charge in [0.05, 0.1) is 24.0 Å². The van der Waals surface area contributed by atoms with E-state index in [9.17, 15) is 4.79 Å². The molecule has 0 radical (unpaired) electrons. The number of carbonyl (C=O) groups is 1. The van der Waals surface area contributed by atoms with Gasteiger partial charge in [0.1, 0.15) is 5.69 Å². The van der Waals surface area contributed by atoms with Crippen LogP contribution in [0.15, 0.2) is 18.7 Å². The summed E-state index contributed by atoms with van der Waals surface area (Å²) >= 11 is 1.28. The Balaban J connectivity index is 2.00. The Hall–Kier alpha value is -2.17. The van der Waals surface area contributed by atoms with Crippen LogP contribution in [0.25, 0.3) is 0 Å². The summed E-state index contributed by atoms with van der Waals surface area (Å²) in [5.74, 6) is 5.35. The molecule has 0 atom stereocenters. The van der Waals surface area contributed by atoms with Crippen LogP contribution in [-0.4, -0.2) is 32.2 Å². The van der Waals surface area contributed by atoms with E-state index in [2.05, 4.69) is 27.1 Å². The topological polar surface area (TPSA) is 80.0 Å². The maximum absolute atomic E-state index is 11.8. The van der Waals surface area contributed by atoms with Gasteiger partial charge in [-0.1, -0.05) is 23.2 Å². The number of carbonyl (C=O) groups excluding carboxylic acids is 1. The molecule has 0 bridgehead atoms. The van der Waals surface area contributed by atoms with Crippen molar-refractivity contribution in [3.8, 4) is 11.8 Å². The monoisotopic (exact) mass is 276 g/mol. The molecule has 0 saturated carbocycles. The molecular weight excluding hydrogens is 264 g/mol. The molecule has 0 spiro atoms. The zero-order valence-electron chi connectivity index (χ0n) is 10.3. The SMILES string of the molecule is Cn1cnc(C(=O)Nc2ncc(C#CCCO)s2)c1. The Bertz CT molecular complexity index is 635. The Kier molecular flexibility index (Phi) is 4.28. The second kappa shape index (κ2) is 6.13. The summed E-state index contributed by atoms with van der Waals surface area (Å²) in [6, 6.07) is 0. The molecule has 0 aliphatic carbocycles. The number of aromatic nitrogens is 3. The summed E-state index contributed by atoms with van der Waals surface area (Å²) in [4.78, 5) is 20.6. The first-order valence-corrected chi connectivity index (χ1v) is 6.35. The maximum Gasteiger partial charge on any atom is 0.277 e. The van der Waals surface area contributed by atoms with Gasteiger partial charge in [-0.2, -0.15) is 0 Å². The molecule has 0 fully saturated rings. The lowest BCUT2D eigenvalue weighted by Gasteiger charge is -1.96. The molecule has 2 aromatic heterocycles. The molecule has 2 aromatic rings. The number of aliphatic hydroxyl groups excluding tert-OH is 1. The fourth-order valence-corrected chi connectivity index (χ4v) is 1.97. The van der Waals surface area contributed by atoms with Crippen molar-refractivity contribution in [1.82, 2.24) is 14.5 Å². The van der Waals surface area contributed by atoms with Crippen molar-refractivity contribution in [3.63, 3.8) is 0 Å². The first-order valence-electron chi connectivity index (χ1n) is 5.54. The van der Waals surface area contributed by atoms with E-state index in [1.165, 1.54) is 11.3 Å². The van der Waals surface area contributed by atoms with Crippen LogP contribution in [0.4, 0.5) is 5.13 Å². The molecular formula is C12H12N4O2S. The van der Waals surface area contributed by atoms with Crippen LogP contribution < -0.4 is 5.32 Å². The van der Waals surface area contributed by atoms with Crippen LogP contribution >= 0.6 is 11.3 Å². The van der Waals surface area contributed by atoms with Crippen LogP contribution in [0.3, 0.4) is 0 Å². The van der Waals surface area contributed by atoms with Crippen molar-refractivity contribution < 1.29 is 9.90 Å². The second-order valence-electron chi connectivity index (χ2n) is 3.68. The van der Waals surface area contributed by atoms with E-state index in [1.807, 2.05) is 0 Å². The van der Waals surface area contributed by atoms with Crippen molar-refractivity contribution in [2.24, 2.45) is 7.05 Å². The number of aryl methyl sites for hydroxylation is 1. The number of aliphatic hydroxyl groups is 1. The summed E-state index contributed by atoms with van der Waals surface area (Å²) in [7, 11) is 1.79. The predicted octanol–water partition coefficient (Wildman–Crippen LogP) is 0.863. The first-order chi connectivity index (χ1) is 9.19. The van der Waals surface area contributed by atoms with Gasteiger partial charge in [-0.25, -0.2) is 9.97 Å². The van der Waals surface area contributed by atoms with Gasteiger partial charge in [0, 0.05) is 19.7 Å². The highest BCUT2D eigenvalue weighted by molar-refractivity contribution is 7.16. The minimum atomic E-state index is -0.301. The molecule has 1 amide bonds. The third-order valence-corrected chi connectivity index (χ3v) is 2.94. The Morgan fingerprint density at radius 2 is 2.42 bits per heavy atom. The number of anilines is 1. The van der Waals surface area contributed by atoms with E-state index in [4.69, 9.17) is 5.11 Å². The van der Waals surface area contributed by atoms with Crippen molar-refractivity contribution in [2.45, 2.75) is 6.42 Å². The fraction of sp³-hybridized carbons (Fsp3) is 0.250. The highest BCUT2D eigenvalue weighted by atomic mass is 32.1. The van der Waals surface area contributed by atoms with E-state index in [1.54, 1.807) is 30.3 Å². The molecule has 0 aromatic carbocycles. The first kappa shape index (κ1) is 13.3.